The van der Waals surface area contributed by atoms with Crippen molar-refractivity contribution in [2.45, 2.75) is 25.7 Å². The third-order valence-electron chi connectivity index (χ3n) is 2.85. The summed E-state index contributed by atoms with van der Waals surface area (Å²) in [7, 11) is 0. The predicted octanol–water partition coefficient (Wildman–Crippen LogP) is 2.64. The lowest BCUT2D eigenvalue weighted by Crippen LogP contribution is -2.12. The van der Waals surface area contributed by atoms with Crippen molar-refractivity contribution in [2.75, 3.05) is 0 Å². The van der Waals surface area contributed by atoms with Crippen molar-refractivity contribution in [1.29, 1.82) is 0 Å². The van der Waals surface area contributed by atoms with Crippen LogP contribution in [0.15, 0.2) is 24.6 Å². The Morgan fingerprint density at radius 2 is 2.28 bits per heavy atom. The van der Waals surface area contributed by atoms with E-state index in [9.17, 15) is 4.39 Å². The molecule has 2 aromatic rings. The molecule has 0 aliphatic carbocycles. The van der Waals surface area contributed by atoms with Crippen LogP contribution in [-0.2, 0) is 4.74 Å². The van der Waals surface area contributed by atoms with E-state index >= 15 is 0 Å². The molecule has 2 aromatic heterocycles. The topological polar surface area (TPSA) is 52.8 Å². The molecule has 18 heavy (non-hydrogen) atoms. The minimum Gasteiger partial charge on any atom is -0.344 e. The Labute approximate surface area is 107 Å². The van der Waals surface area contributed by atoms with Gasteiger partial charge in [-0.3, -0.25) is 4.57 Å². The summed E-state index contributed by atoms with van der Waals surface area (Å²) in [5, 5.41) is 0.244. The maximum absolute atomic E-state index is 13.8. The fraction of sp³-hybridized carbons (Fsp3) is 0.364. The van der Waals surface area contributed by atoms with Gasteiger partial charge >= 0.3 is 0 Å². The molecule has 0 spiro atoms. The Hall–Kier alpha value is -1.53. The van der Waals surface area contributed by atoms with Crippen molar-refractivity contribution in [3.05, 3.63) is 29.7 Å². The predicted molar refractivity (Wildman–Crippen MR) is 63.7 cm³/mol. The summed E-state index contributed by atoms with van der Waals surface area (Å²) >= 11 is 5.89. The monoisotopic (exact) mass is 268 g/mol. The standard InChI is InChI=1S/C11H10ClFN4O/c1-2-6-3-7(13)11(18-6)17-5-16-8-9(12)14-4-15-10(8)17/h3-6,11H,2H2,1H3/t6-,11?/m0/s1. The summed E-state index contributed by atoms with van der Waals surface area (Å²) in [5.41, 5.74) is 0.899. The van der Waals surface area contributed by atoms with Crippen molar-refractivity contribution >= 4 is 22.8 Å². The first-order chi connectivity index (χ1) is 8.70. The molecule has 0 aromatic carbocycles. The van der Waals surface area contributed by atoms with E-state index < -0.39 is 6.23 Å². The van der Waals surface area contributed by atoms with Gasteiger partial charge in [0.05, 0.1) is 12.4 Å². The lowest BCUT2D eigenvalue weighted by atomic mass is 10.3. The first-order valence-corrected chi connectivity index (χ1v) is 5.94. The van der Waals surface area contributed by atoms with Crippen LogP contribution < -0.4 is 0 Å². The molecule has 0 amide bonds. The van der Waals surface area contributed by atoms with E-state index in [1.165, 1.54) is 23.3 Å². The molecular weight excluding hydrogens is 259 g/mol. The fourth-order valence-corrected chi connectivity index (χ4v) is 2.11. The average Bonchev–Trinajstić information content (AvgIpc) is 2.93. The van der Waals surface area contributed by atoms with Gasteiger partial charge in [-0.25, -0.2) is 19.3 Å². The van der Waals surface area contributed by atoms with Gasteiger partial charge in [0.15, 0.2) is 17.0 Å². The van der Waals surface area contributed by atoms with Gasteiger partial charge in [-0.15, -0.1) is 0 Å². The summed E-state index contributed by atoms with van der Waals surface area (Å²) in [6.07, 6.45) is 3.93. The molecule has 3 heterocycles. The second kappa shape index (κ2) is 4.29. The SMILES string of the molecule is CC[C@H]1C=C(F)C(n2cnc3c(Cl)ncnc32)O1. The van der Waals surface area contributed by atoms with Crippen LogP contribution in [0, 0.1) is 0 Å². The number of halogens is 2. The van der Waals surface area contributed by atoms with Gasteiger partial charge in [0.1, 0.15) is 17.7 Å². The number of hydrogen-bond acceptors (Lipinski definition) is 4. The number of ether oxygens (including phenoxy) is 1. The number of nitrogens with zero attached hydrogens (tertiary/aromatic N) is 4. The summed E-state index contributed by atoms with van der Waals surface area (Å²) in [6, 6.07) is 0. The number of fused-ring (bicyclic) bond motifs is 1. The second-order valence-electron chi connectivity index (χ2n) is 3.98. The normalized spacial score (nSPS) is 23.6. The van der Waals surface area contributed by atoms with Gasteiger partial charge in [0.25, 0.3) is 0 Å². The summed E-state index contributed by atoms with van der Waals surface area (Å²) < 4.78 is 20.9. The van der Waals surface area contributed by atoms with E-state index in [1.54, 1.807) is 0 Å². The molecule has 0 bridgehead atoms. The molecule has 1 unspecified atom stereocenters. The zero-order valence-electron chi connectivity index (χ0n) is 9.55. The molecule has 1 aliphatic heterocycles. The van der Waals surface area contributed by atoms with Crippen molar-refractivity contribution in [2.24, 2.45) is 0 Å². The Balaban J connectivity index is 2.06. The first kappa shape index (κ1) is 11.6. The average molecular weight is 269 g/mol. The zero-order valence-corrected chi connectivity index (χ0v) is 10.3. The third-order valence-corrected chi connectivity index (χ3v) is 3.13. The molecule has 94 valence electrons. The second-order valence-corrected chi connectivity index (χ2v) is 4.33. The Kier molecular flexibility index (Phi) is 2.76. The van der Waals surface area contributed by atoms with Crippen LogP contribution in [0.3, 0.4) is 0 Å². The highest BCUT2D eigenvalue weighted by Gasteiger charge is 2.29. The number of hydrogen-bond donors (Lipinski definition) is 0. The van der Waals surface area contributed by atoms with Crippen molar-refractivity contribution in [1.82, 2.24) is 19.5 Å². The van der Waals surface area contributed by atoms with Crippen molar-refractivity contribution in [3.8, 4) is 0 Å². The number of imidazole rings is 1. The van der Waals surface area contributed by atoms with Gasteiger partial charge in [0.2, 0.25) is 0 Å². The molecule has 0 N–H and O–H groups in total. The first-order valence-electron chi connectivity index (χ1n) is 5.56. The fourth-order valence-electron chi connectivity index (χ4n) is 1.94. The third kappa shape index (κ3) is 1.69. The Bertz CT molecular complexity index is 627. The molecule has 2 atom stereocenters. The largest absolute Gasteiger partial charge is 0.344 e. The molecule has 0 saturated heterocycles. The molecule has 1 aliphatic rings. The van der Waals surface area contributed by atoms with Gasteiger partial charge < -0.3 is 4.74 Å². The minimum atomic E-state index is -0.814. The highest BCUT2D eigenvalue weighted by molar-refractivity contribution is 6.33. The number of aromatic nitrogens is 4. The Morgan fingerprint density at radius 3 is 3.00 bits per heavy atom. The maximum atomic E-state index is 13.8. The quantitative estimate of drug-likeness (QED) is 0.786. The maximum Gasteiger partial charge on any atom is 0.189 e. The number of rotatable bonds is 2. The zero-order chi connectivity index (χ0) is 12.7. The lowest BCUT2D eigenvalue weighted by molar-refractivity contribution is 0.00484. The van der Waals surface area contributed by atoms with Gasteiger partial charge in [-0.2, -0.15) is 0 Å². The molecule has 5 nitrogen and oxygen atoms in total. The molecule has 7 heteroatoms. The minimum absolute atomic E-state index is 0.218. The van der Waals surface area contributed by atoms with Gasteiger partial charge in [-0.05, 0) is 12.5 Å². The van der Waals surface area contributed by atoms with E-state index in [0.717, 1.165) is 0 Å². The molecule has 0 saturated carbocycles. The van der Waals surface area contributed by atoms with Crippen LogP contribution in [0.2, 0.25) is 5.15 Å². The van der Waals surface area contributed by atoms with Crippen LogP contribution in [0.25, 0.3) is 11.2 Å². The summed E-state index contributed by atoms with van der Waals surface area (Å²) in [5.74, 6) is -0.337. The highest BCUT2D eigenvalue weighted by atomic mass is 35.5. The molecule has 0 fully saturated rings. The van der Waals surface area contributed by atoms with Crippen LogP contribution in [0.1, 0.15) is 19.6 Å². The molecule has 3 rings (SSSR count). The highest BCUT2D eigenvalue weighted by Crippen LogP contribution is 2.33. The van der Waals surface area contributed by atoms with Gasteiger partial charge in [0, 0.05) is 0 Å². The van der Waals surface area contributed by atoms with Crippen molar-refractivity contribution < 1.29 is 9.13 Å². The van der Waals surface area contributed by atoms with E-state index in [4.69, 9.17) is 16.3 Å². The van der Waals surface area contributed by atoms with Crippen LogP contribution in [0.5, 0.6) is 0 Å². The van der Waals surface area contributed by atoms with Crippen LogP contribution in [-0.4, -0.2) is 25.6 Å². The van der Waals surface area contributed by atoms with E-state index in [1.807, 2.05) is 6.92 Å². The van der Waals surface area contributed by atoms with Crippen molar-refractivity contribution in [3.63, 3.8) is 0 Å². The summed E-state index contributed by atoms with van der Waals surface area (Å²) in [4.78, 5) is 12.0. The smallest absolute Gasteiger partial charge is 0.189 e. The van der Waals surface area contributed by atoms with Crippen LogP contribution >= 0.6 is 11.6 Å². The molecule has 0 radical (unpaired) electrons. The lowest BCUT2D eigenvalue weighted by Gasteiger charge is -2.14. The van der Waals surface area contributed by atoms with E-state index in [-0.39, 0.29) is 17.1 Å². The molecular formula is C11H10ClFN4O. The van der Waals surface area contributed by atoms with Crippen LogP contribution in [0.4, 0.5) is 4.39 Å². The van der Waals surface area contributed by atoms with Gasteiger partial charge in [-0.1, -0.05) is 18.5 Å². The Morgan fingerprint density at radius 1 is 1.44 bits per heavy atom. The summed E-state index contributed by atoms with van der Waals surface area (Å²) in [6.45, 7) is 1.93. The van der Waals surface area contributed by atoms with E-state index in [2.05, 4.69) is 15.0 Å². The van der Waals surface area contributed by atoms with E-state index in [0.29, 0.717) is 17.6 Å².